The molecule has 0 radical (unpaired) electrons. The summed E-state index contributed by atoms with van der Waals surface area (Å²) in [5.74, 6) is 1.06. The fraction of sp³-hybridized carbons (Fsp3) is 0.160. The Morgan fingerprint density at radius 3 is 2.66 bits per heavy atom. The molecule has 0 fully saturated rings. The Balaban J connectivity index is 1.26. The number of carbonyl (C=O) groups excluding carboxylic acids is 1. The van der Waals surface area contributed by atoms with Crippen molar-refractivity contribution in [2.75, 3.05) is 5.32 Å². The second-order valence-electron chi connectivity index (χ2n) is 7.84. The monoisotopic (exact) mass is 425 g/mol. The third kappa shape index (κ3) is 4.05. The summed E-state index contributed by atoms with van der Waals surface area (Å²) in [6, 6.07) is 21.8. The molecule has 0 saturated heterocycles. The number of benzene rings is 2. The first-order chi connectivity index (χ1) is 15.5. The average Bonchev–Trinajstić information content (AvgIpc) is 3.50. The topological polar surface area (TPSA) is 77.9 Å². The number of anilines is 1. The Bertz CT molecular complexity index is 1400. The maximum Gasteiger partial charge on any atom is 0.292 e. The molecule has 1 amide bonds. The van der Waals surface area contributed by atoms with Gasteiger partial charge in [-0.3, -0.25) is 14.2 Å². The molecule has 0 saturated carbocycles. The molecule has 7 heteroatoms. The van der Waals surface area contributed by atoms with Crippen LogP contribution in [0.25, 0.3) is 10.8 Å². The van der Waals surface area contributed by atoms with E-state index in [2.05, 4.69) is 39.8 Å². The smallest absolute Gasteiger partial charge is 0.292 e. The zero-order chi connectivity index (χ0) is 22.1. The summed E-state index contributed by atoms with van der Waals surface area (Å²) in [4.78, 5) is 12.6. The Hall–Kier alpha value is -4.13. The number of nitrogens with zero attached hydrogens (tertiary/aromatic N) is 4. The van der Waals surface area contributed by atoms with E-state index in [1.165, 1.54) is 16.3 Å². The third-order valence-corrected chi connectivity index (χ3v) is 5.39. The van der Waals surface area contributed by atoms with Crippen molar-refractivity contribution in [3.8, 4) is 0 Å². The van der Waals surface area contributed by atoms with E-state index in [-0.39, 0.29) is 11.7 Å². The molecule has 3 heterocycles. The number of furan rings is 1. The first kappa shape index (κ1) is 19.8. The second kappa shape index (κ2) is 8.19. The molecule has 0 atom stereocenters. The van der Waals surface area contributed by atoms with Gasteiger partial charge in [0.2, 0.25) is 0 Å². The highest BCUT2D eigenvalue weighted by Crippen LogP contribution is 2.20. The van der Waals surface area contributed by atoms with Crippen molar-refractivity contribution in [2.24, 2.45) is 0 Å². The van der Waals surface area contributed by atoms with Crippen LogP contribution in [0.5, 0.6) is 0 Å². The van der Waals surface area contributed by atoms with Crippen LogP contribution in [0, 0.1) is 13.8 Å². The van der Waals surface area contributed by atoms with Gasteiger partial charge in [-0.15, -0.1) is 0 Å². The Kier molecular flexibility index (Phi) is 5.07. The predicted molar refractivity (Wildman–Crippen MR) is 123 cm³/mol. The number of amides is 1. The van der Waals surface area contributed by atoms with Crippen LogP contribution in [-0.2, 0) is 13.1 Å². The Morgan fingerprint density at radius 2 is 1.81 bits per heavy atom. The van der Waals surface area contributed by atoms with Crippen LogP contribution in [0.2, 0.25) is 0 Å². The maximum atomic E-state index is 12.6. The summed E-state index contributed by atoms with van der Waals surface area (Å²) in [7, 11) is 0. The molecular weight excluding hydrogens is 402 g/mol. The summed E-state index contributed by atoms with van der Waals surface area (Å²) >= 11 is 0. The van der Waals surface area contributed by atoms with Crippen molar-refractivity contribution in [1.82, 2.24) is 19.6 Å². The largest absolute Gasteiger partial charge is 0.454 e. The lowest BCUT2D eigenvalue weighted by atomic mass is 10.0. The molecular formula is C25H23N5O2. The zero-order valence-electron chi connectivity index (χ0n) is 17.9. The predicted octanol–water partition coefficient (Wildman–Crippen LogP) is 4.79. The zero-order valence-corrected chi connectivity index (χ0v) is 17.9. The SMILES string of the molecule is Cc1cc(C)n(Cc2ccc(C(=O)Nc3ccn(Cc4cccc5ccccc45)n3)o2)n1. The fourth-order valence-electron chi connectivity index (χ4n) is 3.87. The van der Waals surface area contributed by atoms with Crippen molar-refractivity contribution < 1.29 is 9.21 Å². The van der Waals surface area contributed by atoms with Crippen LogP contribution in [0.3, 0.4) is 0 Å². The third-order valence-electron chi connectivity index (χ3n) is 5.39. The van der Waals surface area contributed by atoms with Gasteiger partial charge in [0.15, 0.2) is 11.6 Å². The number of carbonyl (C=O) groups is 1. The molecule has 7 nitrogen and oxygen atoms in total. The molecule has 3 aromatic heterocycles. The molecule has 0 aliphatic heterocycles. The van der Waals surface area contributed by atoms with Gasteiger partial charge in [-0.25, -0.2) is 0 Å². The van der Waals surface area contributed by atoms with Crippen LogP contribution in [0.1, 0.15) is 33.3 Å². The van der Waals surface area contributed by atoms with Crippen molar-refractivity contribution in [3.63, 3.8) is 0 Å². The summed E-state index contributed by atoms with van der Waals surface area (Å²) < 4.78 is 9.39. The normalized spacial score (nSPS) is 11.2. The highest BCUT2D eigenvalue weighted by atomic mass is 16.4. The fourth-order valence-corrected chi connectivity index (χ4v) is 3.87. The van der Waals surface area contributed by atoms with Crippen LogP contribution < -0.4 is 5.32 Å². The van der Waals surface area contributed by atoms with Crippen molar-refractivity contribution >= 4 is 22.5 Å². The van der Waals surface area contributed by atoms with E-state index in [0.29, 0.717) is 24.7 Å². The molecule has 5 aromatic rings. The number of fused-ring (bicyclic) bond motifs is 1. The van der Waals surface area contributed by atoms with Gasteiger partial charge < -0.3 is 9.73 Å². The summed E-state index contributed by atoms with van der Waals surface area (Å²) in [6.07, 6.45) is 1.85. The second-order valence-corrected chi connectivity index (χ2v) is 7.84. The highest BCUT2D eigenvalue weighted by Gasteiger charge is 2.14. The minimum atomic E-state index is -0.333. The quantitative estimate of drug-likeness (QED) is 0.424. The number of aromatic nitrogens is 4. The molecule has 32 heavy (non-hydrogen) atoms. The highest BCUT2D eigenvalue weighted by molar-refractivity contribution is 6.01. The van der Waals surface area contributed by atoms with Crippen molar-refractivity contribution in [2.45, 2.75) is 26.9 Å². The van der Waals surface area contributed by atoms with E-state index in [1.807, 2.05) is 53.7 Å². The van der Waals surface area contributed by atoms with Crippen LogP contribution in [-0.4, -0.2) is 25.5 Å². The summed E-state index contributed by atoms with van der Waals surface area (Å²) in [6.45, 7) is 5.03. The van der Waals surface area contributed by atoms with Crippen molar-refractivity contribution in [3.05, 3.63) is 101 Å². The van der Waals surface area contributed by atoms with Gasteiger partial charge in [0.25, 0.3) is 5.91 Å². The molecule has 0 bridgehead atoms. The lowest BCUT2D eigenvalue weighted by Gasteiger charge is -2.07. The molecule has 0 spiro atoms. The van der Waals surface area contributed by atoms with E-state index in [9.17, 15) is 4.79 Å². The molecule has 0 aliphatic rings. The molecule has 0 unspecified atom stereocenters. The van der Waals surface area contributed by atoms with E-state index in [4.69, 9.17) is 4.42 Å². The summed E-state index contributed by atoms with van der Waals surface area (Å²) in [5.41, 5.74) is 3.16. The standard InChI is InChI=1S/C25H23N5O2/c1-17-14-18(2)30(27-17)16-21-10-11-23(32-21)25(31)26-24-12-13-29(28-24)15-20-8-5-7-19-6-3-4-9-22(19)20/h3-14H,15-16H2,1-2H3,(H,26,28,31). The van der Waals surface area contributed by atoms with E-state index in [1.54, 1.807) is 18.2 Å². The van der Waals surface area contributed by atoms with E-state index in [0.717, 1.165) is 11.4 Å². The lowest BCUT2D eigenvalue weighted by Crippen LogP contribution is -2.12. The molecule has 5 rings (SSSR count). The molecule has 1 N–H and O–H groups in total. The van der Waals surface area contributed by atoms with Crippen LogP contribution in [0.4, 0.5) is 5.82 Å². The molecule has 2 aromatic carbocycles. The first-order valence-electron chi connectivity index (χ1n) is 10.5. The molecule has 0 aliphatic carbocycles. The Morgan fingerprint density at radius 1 is 0.969 bits per heavy atom. The van der Waals surface area contributed by atoms with Gasteiger partial charge >= 0.3 is 0 Å². The van der Waals surface area contributed by atoms with Gasteiger partial charge in [0.1, 0.15) is 5.76 Å². The number of rotatable bonds is 6. The lowest BCUT2D eigenvalue weighted by molar-refractivity contribution is 0.0994. The number of hydrogen-bond donors (Lipinski definition) is 1. The Labute approximate surface area is 185 Å². The van der Waals surface area contributed by atoms with Gasteiger partial charge in [-0.05, 0) is 48.4 Å². The van der Waals surface area contributed by atoms with Crippen LogP contribution >= 0.6 is 0 Å². The number of nitrogens with one attached hydrogen (secondary N) is 1. The maximum absolute atomic E-state index is 12.6. The number of hydrogen-bond acceptors (Lipinski definition) is 4. The minimum Gasteiger partial charge on any atom is -0.454 e. The molecule has 160 valence electrons. The van der Waals surface area contributed by atoms with E-state index < -0.39 is 0 Å². The first-order valence-corrected chi connectivity index (χ1v) is 10.5. The van der Waals surface area contributed by atoms with Gasteiger partial charge in [0.05, 0.1) is 18.8 Å². The minimum absolute atomic E-state index is 0.241. The van der Waals surface area contributed by atoms with Crippen molar-refractivity contribution in [1.29, 1.82) is 0 Å². The average molecular weight is 425 g/mol. The van der Waals surface area contributed by atoms with E-state index >= 15 is 0 Å². The van der Waals surface area contributed by atoms with Crippen LogP contribution in [0.15, 0.2) is 77.3 Å². The van der Waals surface area contributed by atoms with Gasteiger partial charge in [-0.1, -0.05) is 42.5 Å². The number of aryl methyl sites for hydroxylation is 2. The van der Waals surface area contributed by atoms with Gasteiger partial charge in [-0.2, -0.15) is 10.2 Å². The van der Waals surface area contributed by atoms with Gasteiger partial charge in [0, 0.05) is 18.0 Å². The summed E-state index contributed by atoms with van der Waals surface area (Å²) in [5, 5.41) is 14.1.